The van der Waals surface area contributed by atoms with Crippen molar-refractivity contribution >= 4 is 58.0 Å². The third-order valence-electron chi connectivity index (χ3n) is 6.05. The van der Waals surface area contributed by atoms with E-state index in [0.717, 1.165) is 54.0 Å². The van der Waals surface area contributed by atoms with Crippen LogP contribution in [0.5, 0.6) is 0 Å². The molecule has 1 fully saturated rings. The number of ketones is 1. The fourth-order valence-corrected chi connectivity index (χ4v) is 4.55. The van der Waals surface area contributed by atoms with Crippen LogP contribution in [0, 0.1) is 20.8 Å². The van der Waals surface area contributed by atoms with E-state index in [2.05, 4.69) is 37.3 Å². The smallest absolute Gasteiger partial charge is 0.229 e. The van der Waals surface area contributed by atoms with Crippen LogP contribution < -0.4 is 15.5 Å². The number of aryl methyl sites for hydroxylation is 3. The molecule has 192 valence electrons. The number of benzene rings is 2. The Morgan fingerprint density at radius 3 is 2.22 bits per heavy atom. The number of rotatable bonds is 4. The molecule has 2 heterocycles. The second-order valence-electron chi connectivity index (χ2n) is 9.00. The normalized spacial score (nSPS) is 13.9. The van der Waals surface area contributed by atoms with Crippen molar-refractivity contribution in [2.24, 2.45) is 4.99 Å². The Bertz CT molecular complexity index is 1310. The van der Waals surface area contributed by atoms with Crippen molar-refractivity contribution in [2.75, 3.05) is 41.7 Å². The Hall–Kier alpha value is -3.56. The molecular weight excluding hydrogens is 506 g/mol. The number of halogens is 1. The molecular formula is C27H30ClN7OS. The topological polar surface area (TPSA) is 85.7 Å². The summed E-state index contributed by atoms with van der Waals surface area (Å²) in [5.41, 5.74) is 5.45. The van der Waals surface area contributed by atoms with E-state index in [1.54, 1.807) is 12.1 Å². The summed E-state index contributed by atoms with van der Waals surface area (Å²) in [7, 11) is 0. The van der Waals surface area contributed by atoms with Gasteiger partial charge in [-0.25, -0.2) is 9.97 Å². The lowest BCUT2D eigenvalue weighted by Gasteiger charge is -2.38. The first kappa shape index (κ1) is 26.5. The van der Waals surface area contributed by atoms with Crippen LogP contribution in [0.1, 0.15) is 34.2 Å². The highest BCUT2D eigenvalue weighted by molar-refractivity contribution is 7.80. The molecule has 1 aromatic heterocycles. The first-order valence-corrected chi connectivity index (χ1v) is 12.8. The SMILES string of the molecule is CC(=O)c1ccc(NC(=S)/N=C(/Nc2nc(C)cc(C)n2)N2CCN(c3cc(Cl)ccc3C)CC2)cc1. The number of nitrogens with zero attached hydrogens (tertiary/aromatic N) is 5. The van der Waals surface area contributed by atoms with E-state index in [-0.39, 0.29) is 10.9 Å². The van der Waals surface area contributed by atoms with Gasteiger partial charge in [-0.3, -0.25) is 10.1 Å². The Kier molecular flexibility index (Phi) is 8.35. The molecule has 1 saturated heterocycles. The molecule has 0 amide bonds. The van der Waals surface area contributed by atoms with Crippen LogP contribution in [0.4, 0.5) is 17.3 Å². The van der Waals surface area contributed by atoms with Gasteiger partial charge in [0.15, 0.2) is 5.78 Å². The highest BCUT2D eigenvalue weighted by Crippen LogP contribution is 2.25. The molecule has 3 aromatic rings. The first-order valence-electron chi connectivity index (χ1n) is 12.0. The van der Waals surface area contributed by atoms with Crippen LogP contribution in [0.2, 0.25) is 5.02 Å². The first-order chi connectivity index (χ1) is 17.7. The van der Waals surface area contributed by atoms with Crippen molar-refractivity contribution < 1.29 is 4.79 Å². The van der Waals surface area contributed by atoms with E-state index in [9.17, 15) is 4.79 Å². The molecule has 0 spiro atoms. The molecule has 1 aliphatic heterocycles. The average Bonchev–Trinajstić information content (AvgIpc) is 2.85. The highest BCUT2D eigenvalue weighted by atomic mass is 35.5. The van der Waals surface area contributed by atoms with Gasteiger partial charge >= 0.3 is 0 Å². The molecule has 1 aliphatic rings. The minimum Gasteiger partial charge on any atom is -0.368 e. The molecule has 10 heteroatoms. The van der Waals surface area contributed by atoms with Crippen LogP contribution in [0.25, 0.3) is 0 Å². The number of carbonyl (C=O) groups is 1. The highest BCUT2D eigenvalue weighted by Gasteiger charge is 2.22. The van der Waals surface area contributed by atoms with E-state index in [1.165, 1.54) is 12.5 Å². The van der Waals surface area contributed by atoms with E-state index >= 15 is 0 Å². The van der Waals surface area contributed by atoms with Gasteiger partial charge in [0.25, 0.3) is 0 Å². The molecule has 37 heavy (non-hydrogen) atoms. The molecule has 2 aromatic carbocycles. The van der Waals surface area contributed by atoms with Crippen LogP contribution in [-0.2, 0) is 0 Å². The van der Waals surface area contributed by atoms with E-state index < -0.39 is 0 Å². The molecule has 0 atom stereocenters. The number of guanidine groups is 1. The maximum Gasteiger partial charge on any atom is 0.229 e. The van der Waals surface area contributed by atoms with E-state index in [4.69, 9.17) is 28.8 Å². The average molecular weight is 536 g/mol. The van der Waals surface area contributed by atoms with Gasteiger partial charge in [-0.15, -0.1) is 0 Å². The predicted molar refractivity (Wildman–Crippen MR) is 155 cm³/mol. The van der Waals surface area contributed by atoms with Gasteiger partial charge in [0.1, 0.15) is 0 Å². The van der Waals surface area contributed by atoms with Gasteiger partial charge in [0.2, 0.25) is 17.0 Å². The zero-order chi connectivity index (χ0) is 26.5. The maximum absolute atomic E-state index is 11.6. The number of hydrogen-bond donors (Lipinski definition) is 2. The third kappa shape index (κ3) is 7.02. The third-order valence-corrected chi connectivity index (χ3v) is 6.48. The molecule has 8 nitrogen and oxygen atoms in total. The summed E-state index contributed by atoms with van der Waals surface area (Å²) in [5, 5.41) is 7.44. The number of aliphatic imine (C=N–C) groups is 1. The lowest BCUT2D eigenvalue weighted by atomic mass is 10.1. The number of aromatic nitrogens is 2. The number of piperazine rings is 1. The number of Topliss-reactive ketones (excluding diaryl/α,β-unsaturated/α-hetero) is 1. The van der Waals surface area contributed by atoms with Crippen LogP contribution in [0.3, 0.4) is 0 Å². The largest absolute Gasteiger partial charge is 0.368 e. The Labute approximate surface area is 227 Å². The molecule has 0 bridgehead atoms. The minimum atomic E-state index is 0.0131. The quantitative estimate of drug-likeness (QED) is 0.203. The van der Waals surface area contributed by atoms with Crippen molar-refractivity contribution in [1.29, 1.82) is 0 Å². The number of anilines is 3. The second-order valence-corrected chi connectivity index (χ2v) is 9.83. The standard InChI is InChI=1S/C27H30ClN7OS/c1-17-5-8-22(28)16-24(17)34-11-13-35(14-12-34)26(32-25-29-18(2)15-19(3)30-25)33-27(37)31-23-9-6-21(7-10-23)20(4)36/h5-10,15-16H,11-14H2,1-4H3,(H2,29,30,31,32,33,37). The van der Waals surface area contributed by atoms with Crippen molar-refractivity contribution in [2.45, 2.75) is 27.7 Å². The molecule has 0 saturated carbocycles. The fraction of sp³-hybridized carbons (Fsp3) is 0.296. The lowest BCUT2D eigenvalue weighted by Crippen LogP contribution is -2.51. The van der Waals surface area contributed by atoms with Crippen LogP contribution in [0.15, 0.2) is 53.5 Å². The fourth-order valence-electron chi connectivity index (χ4n) is 4.18. The zero-order valence-corrected chi connectivity index (χ0v) is 23.0. The van der Waals surface area contributed by atoms with Crippen molar-refractivity contribution in [3.63, 3.8) is 0 Å². The predicted octanol–water partition coefficient (Wildman–Crippen LogP) is 5.24. The summed E-state index contributed by atoms with van der Waals surface area (Å²) >= 11 is 11.8. The number of hydrogen-bond acceptors (Lipinski definition) is 5. The molecule has 0 unspecified atom stereocenters. The zero-order valence-electron chi connectivity index (χ0n) is 21.4. The number of thiocarbonyl (C=S) groups is 1. The van der Waals surface area contributed by atoms with E-state index in [1.807, 2.05) is 50.2 Å². The minimum absolute atomic E-state index is 0.0131. The molecule has 0 radical (unpaired) electrons. The van der Waals surface area contributed by atoms with Crippen molar-refractivity contribution in [3.05, 3.63) is 76.1 Å². The Morgan fingerprint density at radius 2 is 1.59 bits per heavy atom. The Balaban J connectivity index is 1.53. The number of carbonyl (C=O) groups excluding carboxylic acids is 1. The van der Waals surface area contributed by atoms with Gasteiger partial charge < -0.3 is 15.1 Å². The van der Waals surface area contributed by atoms with Crippen LogP contribution in [-0.4, -0.2) is 57.9 Å². The van der Waals surface area contributed by atoms with E-state index in [0.29, 0.717) is 17.5 Å². The van der Waals surface area contributed by atoms with Crippen LogP contribution >= 0.6 is 23.8 Å². The summed E-state index contributed by atoms with van der Waals surface area (Å²) in [6.45, 7) is 10.5. The molecule has 0 aliphatic carbocycles. The van der Waals surface area contributed by atoms with Gasteiger partial charge in [0.05, 0.1) is 0 Å². The molecule has 4 rings (SSSR count). The van der Waals surface area contributed by atoms with Gasteiger partial charge in [-0.1, -0.05) is 17.7 Å². The summed E-state index contributed by atoms with van der Waals surface area (Å²) in [6, 6.07) is 15.0. The van der Waals surface area contributed by atoms with Gasteiger partial charge in [0, 0.05) is 59.5 Å². The summed E-state index contributed by atoms with van der Waals surface area (Å²) < 4.78 is 0. The summed E-state index contributed by atoms with van der Waals surface area (Å²) in [6.07, 6.45) is 0. The van der Waals surface area contributed by atoms with Gasteiger partial charge in [-0.05, 0) is 87.9 Å². The number of nitrogens with one attached hydrogen (secondary N) is 2. The van der Waals surface area contributed by atoms with Crippen molar-refractivity contribution in [3.8, 4) is 0 Å². The summed E-state index contributed by atoms with van der Waals surface area (Å²) in [4.78, 5) is 29.8. The molecule has 2 N–H and O–H groups in total. The Morgan fingerprint density at radius 1 is 0.946 bits per heavy atom. The second kappa shape index (κ2) is 11.7. The summed E-state index contributed by atoms with van der Waals surface area (Å²) in [5.74, 6) is 1.06. The monoisotopic (exact) mass is 535 g/mol. The van der Waals surface area contributed by atoms with Gasteiger partial charge in [-0.2, -0.15) is 4.99 Å². The lowest BCUT2D eigenvalue weighted by molar-refractivity contribution is 0.101. The van der Waals surface area contributed by atoms with Crippen molar-refractivity contribution in [1.82, 2.24) is 14.9 Å². The maximum atomic E-state index is 11.6.